The number of non-ortho nitro benzene ring substituents is 1. The molecule has 2 N–H and O–H groups in total. The summed E-state index contributed by atoms with van der Waals surface area (Å²) in [6, 6.07) is 21.8. The number of hydrogen-bond acceptors (Lipinski definition) is 7. The van der Waals surface area contributed by atoms with Gasteiger partial charge < -0.3 is 10.2 Å². The SMILES string of the molecule is CN(C)c1ccc(C=NNC(=O)C(CSCc2ccccc2)NC(=O)c2ccc([N+](=O)[O-])cc2)cc1. The first-order valence-electron chi connectivity index (χ1n) is 11.1. The van der Waals surface area contributed by atoms with Gasteiger partial charge in [0.05, 0.1) is 11.1 Å². The number of carbonyl (C=O) groups excluding carboxylic acids is 2. The average molecular weight is 506 g/mol. The molecule has 0 spiro atoms. The van der Waals surface area contributed by atoms with Gasteiger partial charge in [0.15, 0.2) is 0 Å². The van der Waals surface area contributed by atoms with E-state index in [4.69, 9.17) is 0 Å². The van der Waals surface area contributed by atoms with Crippen molar-refractivity contribution in [3.05, 3.63) is 106 Å². The molecule has 0 aromatic heterocycles. The van der Waals surface area contributed by atoms with Crippen LogP contribution in [0, 0.1) is 10.1 Å². The van der Waals surface area contributed by atoms with Crippen molar-refractivity contribution in [2.24, 2.45) is 5.10 Å². The molecule has 0 aliphatic heterocycles. The predicted molar refractivity (Wildman–Crippen MR) is 143 cm³/mol. The van der Waals surface area contributed by atoms with Crippen LogP contribution in [0.1, 0.15) is 21.5 Å². The number of hydrogen-bond donors (Lipinski definition) is 2. The van der Waals surface area contributed by atoms with Crippen molar-refractivity contribution in [1.29, 1.82) is 0 Å². The number of nitrogens with one attached hydrogen (secondary N) is 2. The number of nitrogens with zero attached hydrogens (tertiary/aromatic N) is 3. The summed E-state index contributed by atoms with van der Waals surface area (Å²) in [5, 5.41) is 17.6. The molecule has 186 valence electrons. The molecule has 9 nitrogen and oxygen atoms in total. The van der Waals surface area contributed by atoms with Crippen molar-refractivity contribution in [2.45, 2.75) is 11.8 Å². The average Bonchev–Trinajstić information content (AvgIpc) is 2.89. The second kappa shape index (κ2) is 13.1. The largest absolute Gasteiger partial charge is 0.378 e. The molecule has 0 radical (unpaired) electrons. The summed E-state index contributed by atoms with van der Waals surface area (Å²) in [6.45, 7) is 0. The van der Waals surface area contributed by atoms with Crippen LogP contribution in [-0.4, -0.2) is 48.8 Å². The van der Waals surface area contributed by atoms with Gasteiger partial charge in [-0.1, -0.05) is 42.5 Å². The lowest BCUT2D eigenvalue weighted by molar-refractivity contribution is -0.384. The van der Waals surface area contributed by atoms with E-state index in [2.05, 4.69) is 15.8 Å². The first-order valence-corrected chi connectivity index (χ1v) is 12.3. The van der Waals surface area contributed by atoms with E-state index in [0.717, 1.165) is 16.8 Å². The maximum absolute atomic E-state index is 12.9. The zero-order valence-electron chi connectivity index (χ0n) is 20.0. The Kier molecular flexibility index (Phi) is 9.58. The van der Waals surface area contributed by atoms with E-state index in [1.54, 1.807) is 0 Å². The van der Waals surface area contributed by atoms with E-state index in [1.165, 1.54) is 42.2 Å². The zero-order chi connectivity index (χ0) is 25.9. The Balaban J connectivity index is 1.65. The normalized spacial score (nSPS) is 11.6. The molecule has 0 saturated carbocycles. The summed E-state index contributed by atoms with van der Waals surface area (Å²) in [5.74, 6) is 0.00652. The molecular formula is C26H27N5O4S. The summed E-state index contributed by atoms with van der Waals surface area (Å²) in [6.07, 6.45) is 1.53. The lowest BCUT2D eigenvalue weighted by atomic mass is 10.2. The fraction of sp³-hybridized carbons (Fsp3) is 0.192. The van der Waals surface area contributed by atoms with Gasteiger partial charge in [-0.2, -0.15) is 16.9 Å². The Morgan fingerprint density at radius 2 is 1.69 bits per heavy atom. The van der Waals surface area contributed by atoms with E-state index in [1.807, 2.05) is 73.6 Å². The van der Waals surface area contributed by atoms with Gasteiger partial charge in [0.25, 0.3) is 17.5 Å². The van der Waals surface area contributed by atoms with Crippen LogP contribution >= 0.6 is 11.8 Å². The lowest BCUT2D eigenvalue weighted by Gasteiger charge is -2.17. The monoisotopic (exact) mass is 505 g/mol. The first kappa shape index (κ1) is 26.4. The number of carbonyl (C=O) groups is 2. The number of nitro benzene ring substituents is 1. The van der Waals surface area contributed by atoms with E-state index in [9.17, 15) is 19.7 Å². The minimum absolute atomic E-state index is 0.118. The fourth-order valence-electron chi connectivity index (χ4n) is 3.13. The first-order chi connectivity index (χ1) is 17.3. The molecule has 0 aliphatic rings. The fourth-order valence-corrected chi connectivity index (χ4v) is 4.15. The number of amides is 2. The number of hydrazone groups is 1. The third-order valence-electron chi connectivity index (χ3n) is 5.16. The number of nitro groups is 1. The van der Waals surface area contributed by atoms with Crippen LogP contribution < -0.4 is 15.6 Å². The second-order valence-corrected chi connectivity index (χ2v) is 9.08. The van der Waals surface area contributed by atoms with E-state index in [0.29, 0.717) is 11.5 Å². The molecule has 0 fully saturated rings. The van der Waals surface area contributed by atoms with E-state index >= 15 is 0 Å². The van der Waals surface area contributed by atoms with Gasteiger partial charge in [-0.3, -0.25) is 19.7 Å². The van der Waals surface area contributed by atoms with Crippen molar-refractivity contribution in [3.8, 4) is 0 Å². The Hall–Kier alpha value is -4.18. The highest BCUT2D eigenvalue weighted by Crippen LogP contribution is 2.15. The van der Waals surface area contributed by atoms with Crippen LogP contribution in [0.15, 0.2) is 84.0 Å². The molecule has 3 aromatic carbocycles. The molecule has 0 aliphatic carbocycles. The molecule has 3 rings (SSSR count). The molecule has 10 heteroatoms. The van der Waals surface area contributed by atoms with Crippen LogP contribution in [0.3, 0.4) is 0 Å². The van der Waals surface area contributed by atoms with Crippen molar-refractivity contribution in [3.63, 3.8) is 0 Å². The molecule has 2 amide bonds. The molecule has 3 aromatic rings. The number of anilines is 1. The van der Waals surface area contributed by atoms with Crippen LogP contribution in [0.2, 0.25) is 0 Å². The van der Waals surface area contributed by atoms with Crippen molar-refractivity contribution < 1.29 is 14.5 Å². The topological polar surface area (TPSA) is 117 Å². The predicted octanol–water partition coefficient (Wildman–Crippen LogP) is 3.84. The van der Waals surface area contributed by atoms with Gasteiger partial charge in [-0.05, 0) is 35.4 Å². The highest BCUT2D eigenvalue weighted by Gasteiger charge is 2.22. The zero-order valence-corrected chi connectivity index (χ0v) is 20.8. The molecule has 36 heavy (non-hydrogen) atoms. The minimum Gasteiger partial charge on any atom is -0.378 e. The quantitative estimate of drug-likeness (QED) is 0.232. The highest BCUT2D eigenvalue weighted by atomic mass is 32.2. The standard InChI is InChI=1S/C26H27N5O4S/c1-30(2)22-12-8-19(9-13-22)16-27-29-26(33)24(18-36-17-20-6-4-3-5-7-20)28-25(32)21-10-14-23(15-11-21)31(34)35/h3-16,24H,17-18H2,1-2H3,(H,28,32)(H,29,33). The van der Waals surface area contributed by atoms with Gasteiger partial charge in [-0.25, -0.2) is 5.43 Å². The maximum Gasteiger partial charge on any atom is 0.269 e. The maximum atomic E-state index is 12.9. The summed E-state index contributed by atoms with van der Waals surface area (Å²) >= 11 is 1.50. The Morgan fingerprint density at radius 1 is 1.03 bits per heavy atom. The smallest absolute Gasteiger partial charge is 0.269 e. The van der Waals surface area contributed by atoms with E-state index < -0.39 is 22.8 Å². The third-order valence-corrected chi connectivity index (χ3v) is 6.26. The van der Waals surface area contributed by atoms with Crippen LogP contribution in [0.5, 0.6) is 0 Å². The van der Waals surface area contributed by atoms with Crippen LogP contribution in [0.25, 0.3) is 0 Å². The lowest BCUT2D eigenvalue weighted by Crippen LogP contribution is -2.47. The highest BCUT2D eigenvalue weighted by molar-refractivity contribution is 7.98. The minimum atomic E-state index is -0.866. The van der Waals surface area contributed by atoms with Crippen molar-refractivity contribution in [2.75, 3.05) is 24.7 Å². The molecule has 1 unspecified atom stereocenters. The number of rotatable bonds is 11. The molecular weight excluding hydrogens is 478 g/mol. The Labute approximate surface area is 213 Å². The van der Waals surface area contributed by atoms with E-state index in [-0.39, 0.29) is 11.3 Å². The van der Waals surface area contributed by atoms with Crippen molar-refractivity contribution in [1.82, 2.24) is 10.7 Å². The van der Waals surface area contributed by atoms with Gasteiger partial charge in [0.1, 0.15) is 6.04 Å². The molecule has 0 bridgehead atoms. The Morgan fingerprint density at radius 3 is 2.31 bits per heavy atom. The van der Waals surface area contributed by atoms with Gasteiger partial charge in [0, 0.05) is 49.0 Å². The van der Waals surface area contributed by atoms with Crippen LogP contribution in [0.4, 0.5) is 11.4 Å². The second-order valence-electron chi connectivity index (χ2n) is 8.05. The summed E-state index contributed by atoms with van der Waals surface area (Å²) in [4.78, 5) is 37.9. The number of benzene rings is 3. The van der Waals surface area contributed by atoms with Gasteiger partial charge >= 0.3 is 0 Å². The molecule has 1 atom stereocenters. The summed E-state index contributed by atoms with van der Waals surface area (Å²) in [7, 11) is 3.90. The summed E-state index contributed by atoms with van der Waals surface area (Å²) in [5.41, 5.74) is 5.55. The Bertz CT molecular complexity index is 1200. The number of thioether (sulfide) groups is 1. The third kappa shape index (κ3) is 7.95. The molecule has 0 heterocycles. The van der Waals surface area contributed by atoms with Gasteiger partial charge in [0.2, 0.25) is 0 Å². The molecule has 0 saturated heterocycles. The van der Waals surface area contributed by atoms with Crippen molar-refractivity contribution >= 4 is 41.2 Å². The van der Waals surface area contributed by atoms with Crippen LogP contribution in [-0.2, 0) is 10.5 Å². The van der Waals surface area contributed by atoms with Gasteiger partial charge in [-0.15, -0.1) is 0 Å². The summed E-state index contributed by atoms with van der Waals surface area (Å²) < 4.78 is 0.